The first-order valence-corrected chi connectivity index (χ1v) is 6.10. The zero-order valence-corrected chi connectivity index (χ0v) is 11.0. The highest BCUT2D eigenvalue weighted by Gasteiger charge is 2.24. The Hall–Kier alpha value is -0.930. The highest BCUT2D eigenvalue weighted by Crippen LogP contribution is 2.25. The Bertz CT molecular complexity index is 365. The molecule has 0 heterocycles. The molecule has 0 radical (unpaired) electrons. The van der Waals surface area contributed by atoms with Crippen LogP contribution in [0.2, 0.25) is 0 Å². The standard InChI is InChI=1S/C14H22FNO/c1-5-17-14(9(2)3)13(16)12-7-6-11(15)8-10(12)4/h6-9,13-14H,5,16H2,1-4H3. The van der Waals surface area contributed by atoms with Crippen LogP contribution in [0.5, 0.6) is 0 Å². The molecule has 1 aromatic carbocycles. The molecule has 0 aliphatic carbocycles. The van der Waals surface area contributed by atoms with Crippen molar-refractivity contribution < 1.29 is 9.13 Å². The number of nitrogens with two attached hydrogens (primary N) is 1. The molecule has 0 amide bonds. The third-order valence-electron chi connectivity index (χ3n) is 2.96. The maximum absolute atomic E-state index is 13.0. The van der Waals surface area contributed by atoms with Crippen molar-refractivity contribution in [2.24, 2.45) is 11.7 Å². The molecule has 0 aliphatic rings. The Morgan fingerprint density at radius 2 is 2.00 bits per heavy atom. The van der Waals surface area contributed by atoms with E-state index in [0.717, 1.165) is 11.1 Å². The zero-order chi connectivity index (χ0) is 13.0. The van der Waals surface area contributed by atoms with Crippen LogP contribution in [0, 0.1) is 18.7 Å². The van der Waals surface area contributed by atoms with Gasteiger partial charge in [0.1, 0.15) is 5.82 Å². The number of ether oxygens (including phenoxy) is 1. The van der Waals surface area contributed by atoms with Gasteiger partial charge in [0.25, 0.3) is 0 Å². The molecule has 1 aromatic rings. The van der Waals surface area contributed by atoms with Crippen molar-refractivity contribution in [2.45, 2.75) is 39.8 Å². The van der Waals surface area contributed by atoms with E-state index in [2.05, 4.69) is 13.8 Å². The van der Waals surface area contributed by atoms with Gasteiger partial charge in [-0.25, -0.2) is 4.39 Å². The van der Waals surface area contributed by atoms with Crippen molar-refractivity contribution >= 4 is 0 Å². The molecule has 17 heavy (non-hydrogen) atoms. The summed E-state index contributed by atoms with van der Waals surface area (Å²) in [5.41, 5.74) is 8.06. The van der Waals surface area contributed by atoms with Gasteiger partial charge in [0.2, 0.25) is 0 Å². The molecule has 2 unspecified atom stereocenters. The SMILES string of the molecule is CCOC(C(C)C)C(N)c1ccc(F)cc1C. The van der Waals surface area contributed by atoms with Gasteiger partial charge in [-0.15, -0.1) is 0 Å². The van der Waals surface area contributed by atoms with Crippen LogP contribution in [0.3, 0.4) is 0 Å². The fourth-order valence-corrected chi connectivity index (χ4v) is 2.09. The van der Waals surface area contributed by atoms with Gasteiger partial charge >= 0.3 is 0 Å². The fourth-order valence-electron chi connectivity index (χ4n) is 2.09. The van der Waals surface area contributed by atoms with Crippen molar-refractivity contribution in [1.29, 1.82) is 0 Å². The Labute approximate surface area is 103 Å². The smallest absolute Gasteiger partial charge is 0.123 e. The van der Waals surface area contributed by atoms with Gasteiger partial charge in [0.15, 0.2) is 0 Å². The first-order chi connectivity index (χ1) is 7.97. The second-order valence-corrected chi connectivity index (χ2v) is 4.69. The second kappa shape index (κ2) is 6.12. The topological polar surface area (TPSA) is 35.2 Å². The van der Waals surface area contributed by atoms with E-state index in [1.165, 1.54) is 12.1 Å². The van der Waals surface area contributed by atoms with Crippen molar-refractivity contribution in [3.8, 4) is 0 Å². The third-order valence-corrected chi connectivity index (χ3v) is 2.96. The van der Waals surface area contributed by atoms with Gasteiger partial charge < -0.3 is 10.5 Å². The summed E-state index contributed by atoms with van der Waals surface area (Å²) in [6, 6.07) is 4.50. The first kappa shape index (κ1) is 14.1. The third kappa shape index (κ3) is 3.51. The molecule has 0 aliphatic heterocycles. The first-order valence-electron chi connectivity index (χ1n) is 6.10. The summed E-state index contributed by atoms with van der Waals surface area (Å²) in [5, 5.41) is 0. The Kier molecular flexibility index (Phi) is 5.09. The molecule has 0 fully saturated rings. The second-order valence-electron chi connectivity index (χ2n) is 4.69. The van der Waals surface area contributed by atoms with Crippen molar-refractivity contribution in [3.63, 3.8) is 0 Å². The molecule has 0 aromatic heterocycles. The summed E-state index contributed by atoms with van der Waals surface area (Å²) in [7, 11) is 0. The van der Waals surface area contributed by atoms with Crippen molar-refractivity contribution in [3.05, 3.63) is 35.1 Å². The van der Waals surface area contributed by atoms with Crippen molar-refractivity contribution in [2.75, 3.05) is 6.61 Å². The van der Waals surface area contributed by atoms with Crippen LogP contribution in [-0.2, 0) is 4.74 Å². The van der Waals surface area contributed by atoms with Gasteiger partial charge in [0.05, 0.1) is 12.1 Å². The van der Waals surface area contributed by atoms with Gasteiger partial charge in [-0.05, 0) is 43.0 Å². The van der Waals surface area contributed by atoms with Gasteiger partial charge in [-0.2, -0.15) is 0 Å². The summed E-state index contributed by atoms with van der Waals surface area (Å²) < 4.78 is 18.7. The number of hydrogen-bond acceptors (Lipinski definition) is 2. The van der Waals surface area contributed by atoms with Crippen LogP contribution in [0.4, 0.5) is 4.39 Å². The summed E-state index contributed by atoms with van der Waals surface area (Å²) in [6.45, 7) is 8.64. The molecular weight excluding hydrogens is 217 g/mol. The number of aryl methyl sites for hydroxylation is 1. The molecule has 1 rings (SSSR count). The predicted octanol–water partition coefficient (Wildman–Crippen LogP) is 3.20. The van der Waals surface area contributed by atoms with Crippen LogP contribution >= 0.6 is 0 Å². The average molecular weight is 239 g/mol. The summed E-state index contributed by atoms with van der Waals surface area (Å²) in [4.78, 5) is 0. The monoisotopic (exact) mass is 239 g/mol. The maximum atomic E-state index is 13.0. The number of benzene rings is 1. The highest BCUT2D eigenvalue weighted by molar-refractivity contribution is 5.30. The van der Waals surface area contributed by atoms with Gasteiger partial charge in [-0.1, -0.05) is 19.9 Å². The highest BCUT2D eigenvalue weighted by atomic mass is 19.1. The fraction of sp³-hybridized carbons (Fsp3) is 0.571. The minimum atomic E-state index is -0.226. The van der Waals surface area contributed by atoms with E-state index in [4.69, 9.17) is 10.5 Å². The normalized spacial score (nSPS) is 15.0. The van der Waals surface area contributed by atoms with Crippen LogP contribution < -0.4 is 5.73 Å². The molecule has 0 bridgehead atoms. The molecule has 96 valence electrons. The lowest BCUT2D eigenvalue weighted by Crippen LogP contribution is -2.33. The van der Waals surface area contributed by atoms with Gasteiger partial charge in [-0.3, -0.25) is 0 Å². The Morgan fingerprint density at radius 3 is 2.47 bits per heavy atom. The van der Waals surface area contributed by atoms with Gasteiger partial charge in [0, 0.05) is 6.61 Å². The van der Waals surface area contributed by atoms with E-state index in [1.54, 1.807) is 6.07 Å². The number of rotatable bonds is 5. The molecule has 0 saturated heterocycles. The molecular formula is C14H22FNO. The Morgan fingerprint density at radius 1 is 1.35 bits per heavy atom. The van der Waals surface area contributed by atoms with Crippen LogP contribution in [-0.4, -0.2) is 12.7 Å². The molecule has 2 atom stereocenters. The summed E-state index contributed by atoms with van der Waals surface area (Å²) >= 11 is 0. The maximum Gasteiger partial charge on any atom is 0.123 e. The molecule has 2 N–H and O–H groups in total. The van der Waals surface area contributed by atoms with Crippen LogP contribution in [0.1, 0.15) is 37.9 Å². The average Bonchev–Trinajstić information content (AvgIpc) is 2.24. The summed E-state index contributed by atoms with van der Waals surface area (Å²) in [5.74, 6) is 0.102. The van der Waals surface area contributed by atoms with E-state index in [0.29, 0.717) is 12.5 Å². The van der Waals surface area contributed by atoms with Crippen LogP contribution in [0.15, 0.2) is 18.2 Å². The minimum absolute atomic E-state index is 0.0378. The number of halogens is 1. The summed E-state index contributed by atoms with van der Waals surface area (Å²) in [6.07, 6.45) is -0.0378. The van der Waals surface area contributed by atoms with E-state index < -0.39 is 0 Å². The van der Waals surface area contributed by atoms with E-state index >= 15 is 0 Å². The largest absolute Gasteiger partial charge is 0.376 e. The van der Waals surface area contributed by atoms with Crippen molar-refractivity contribution in [1.82, 2.24) is 0 Å². The quantitative estimate of drug-likeness (QED) is 0.856. The minimum Gasteiger partial charge on any atom is -0.376 e. The molecule has 3 heteroatoms. The van der Waals surface area contributed by atoms with Crippen LogP contribution in [0.25, 0.3) is 0 Å². The lowest BCUT2D eigenvalue weighted by Gasteiger charge is -2.28. The Balaban J connectivity index is 2.96. The lowest BCUT2D eigenvalue weighted by molar-refractivity contribution is 0.0120. The van der Waals surface area contributed by atoms with E-state index in [1.807, 2.05) is 13.8 Å². The molecule has 0 spiro atoms. The zero-order valence-electron chi connectivity index (χ0n) is 11.0. The number of hydrogen-bond donors (Lipinski definition) is 1. The van der Waals surface area contributed by atoms with E-state index in [9.17, 15) is 4.39 Å². The molecule has 0 saturated carbocycles. The lowest BCUT2D eigenvalue weighted by atomic mass is 9.91. The van der Waals surface area contributed by atoms with E-state index in [-0.39, 0.29) is 18.0 Å². The molecule has 2 nitrogen and oxygen atoms in total. The predicted molar refractivity (Wildman–Crippen MR) is 68.3 cm³/mol.